The van der Waals surface area contributed by atoms with Gasteiger partial charge in [-0.25, -0.2) is 20.0 Å². The van der Waals surface area contributed by atoms with E-state index in [1.165, 1.54) is 12.7 Å². The van der Waals surface area contributed by atoms with Gasteiger partial charge in [-0.2, -0.15) is 0 Å². The molecule has 0 aliphatic carbocycles. The number of esters is 1. The number of ether oxygens (including phenoxy) is 3. The predicted molar refractivity (Wildman–Crippen MR) is 134 cm³/mol. The number of para-hydroxylation sites is 1. The van der Waals surface area contributed by atoms with Crippen molar-refractivity contribution in [1.82, 2.24) is 24.6 Å². The first-order chi connectivity index (χ1) is 17.6. The highest BCUT2D eigenvalue weighted by Crippen LogP contribution is 2.44. The number of aliphatic hydroxyl groups excluding tert-OH is 1. The lowest BCUT2D eigenvalue weighted by molar-refractivity contribution is -0.149. The number of fused-ring (bicyclic) bond motifs is 1. The molecule has 3 heterocycles. The fraction of sp³-hybridized carbons (Fsp3) is 0.478. The SMILES string of the molecule is CC(C)OC(=O)C(C)NP(=O)(COC[C@@H]1C[C@H](O)[C@H](n2cnc3c(N)ncnc32)O1)Oc1ccccc1. The van der Waals surface area contributed by atoms with Crippen LogP contribution in [0.4, 0.5) is 5.82 Å². The lowest BCUT2D eigenvalue weighted by atomic mass is 10.2. The first-order valence-electron chi connectivity index (χ1n) is 11.8. The van der Waals surface area contributed by atoms with E-state index in [1.54, 1.807) is 55.7 Å². The van der Waals surface area contributed by atoms with Gasteiger partial charge in [0.25, 0.3) is 0 Å². The van der Waals surface area contributed by atoms with Crippen LogP contribution in [-0.2, 0) is 23.6 Å². The number of hydrogen-bond acceptors (Lipinski definition) is 11. The number of rotatable bonds is 11. The third-order valence-corrected chi connectivity index (χ3v) is 7.29. The van der Waals surface area contributed by atoms with E-state index in [1.807, 2.05) is 0 Å². The maximum atomic E-state index is 13.7. The molecule has 2 unspecified atom stereocenters. The van der Waals surface area contributed by atoms with Gasteiger partial charge in [0.15, 0.2) is 17.7 Å². The zero-order valence-electron chi connectivity index (χ0n) is 20.8. The first kappa shape index (κ1) is 27.0. The van der Waals surface area contributed by atoms with Crippen molar-refractivity contribution in [3.63, 3.8) is 0 Å². The molecule has 13 nitrogen and oxygen atoms in total. The molecule has 0 amide bonds. The summed E-state index contributed by atoms with van der Waals surface area (Å²) in [6.45, 7) is 5.02. The standard InChI is InChI=1S/C23H31N6O7P/c1-14(2)34-23(31)15(3)28-37(32,36-16-7-5-4-6-8-16)13-33-10-17-9-18(30)22(35-17)29-12-27-19-20(24)25-11-26-21(19)29/h4-8,11-12,14-15,17-18,22,30H,9-10,13H2,1-3H3,(H,28,32)(H2,24,25,26)/t15?,17-,18-,22+,37?/m0/s1. The van der Waals surface area contributed by atoms with Crippen molar-refractivity contribution in [2.75, 3.05) is 18.7 Å². The smallest absolute Gasteiger partial charge is 0.342 e. The normalized spacial score (nSPS) is 22.1. The van der Waals surface area contributed by atoms with Gasteiger partial charge in [0, 0.05) is 6.42 Å². The van der Waals surface area contributed by atoms with Crippen molar-refractivity contribution in [3.05, 3.63) is 43.0 Å². The summed E-state index contributed by atoms with van der Waals surface area (Å²) in [6.07, 6.45) is 0.256. The number of hydrogen-bond donors (Lipinski definition) is 3. The van der Waals surface area contributed by atoms with Gasteiger partial charge < -0.3 is 29.6 Å². The van der Waals surface area contributed by atoms with E-state index >= 15 is 0 Å². The van der Waals surface area contributed by atoms with Crippen LogP contribution in [-0.4, -0.2) is 67.9 Å². The van der Waals surface area contributed by atoms with E-state index < -0.39 is 38.0 Å². The topological polar surface area (TPSA) is 173 Å². The highest BCUT2D eigenvalue weighted by atomic mass is 31.2. The van der Waals surface area contributed by atoms with E-state index in [0.717, 1.165) is 0 Å². The van der Waals surface area contributed by atoms with Crippen LogP contribution in [0.2, 0.25) is 0 Å². The van der Waals surface area contributed by atoms with Gasteiger partial charge in [0.2, 0.25) is 0 Å². The Balaban J connectivity index is 1.39. The number of nitrogens with zero attached hydrogens (tertiary/aromatic N) is 4. The Morgan fingerprint density at radius 1 is 1.27 bits per heavy atom. The fourth-order valence-electron chi connectivity index (χ4n) is 3.87. The monoisotopic (exact) mass is 534 g/mol. The van der Waals surface area contributed by atoms with E-state index in [9.17, 15) is 14.5 Å². The summed E-state index contributed by atoms with van der Waals surface area (Å²) >= 11 is 0. The molecule has 1 aromatic carbocycles. The summed E-state index contributed by atoms with van der Waals surface area (Å²) in [5.41, 5.74) is 6.69. The zero-order valence-corrected chi connectivity index (χ0v) is 21.7. The Kier molecular flexibility index (Phi) is 8.40. The minimum atomic E-state index is -3.71. The molecule has 1 fully saturated rings. The van der Waals surface area contributed by atoms with Crippen LogP contribution >= 0.6 is 7.52 Å². The van der Waals surface area contributed by atoms with E-state index in [-0.39, 0.29) is 31.3 Å². The van der Waals surface area contributed by atoms with Gasteiger partial charge in [-0.1, -0.05) is 18.2 Å². The maximum absolute atomic E-state index is 13.7. The summed E-state index contributed by atoms with van der Waals surface area (Å²) in [5, 5.41) is 13.4. The van der Waals surface area contributed by atoms with Crippen LogP contribution in [0.1, 0.15) is 33.4 Å². The molecule has 4 N–H and O–H groups in total. The summed E-state index contributed by atoms with van der Waals surface area (Å²) < 4.78 is 37.9. The Hall–Kier alpha value is -3.09. The number of nitrogens with one attached hydrogen (secondary N) is 1. The number of aliphatic hydroxyl groups is 1. The second-order valence-corrected chi connectivity index (χ2v) is 11.0. The lowest BCUT2D eigenvalue weighted by Gasteiger charge is -2.24. The molecule has 14 heteroatoms. The third kappa shape index (κ3) is 6.62. The van der Waals surface area contributed by atoms with Crippen molar-refractivity contribution >= 4 is 30.5 Å². The van der Waals surface area contributed by atoms with Gasteiger partial charge in [0.05, 0.1) is 25.1 Å². The van der Waals surface area contributed by atoms with E-state index in [4.69, 9.17) is 24.5 Å². The van der Waals surface area contributed by atoms with Crippen LogP contribution in [0.3, 0.4) is 0 Å². The Morgan fingerprint density at radius 2 is 2.03 bits per heavy atom. The molecule has 37 heavy (non-hydrogen) atoms. The highest BCUT2D eigenvalue weighted by molar-refractivity contribution is 7.57. The Bertz CT molecular complexity index is 1260. The predicted octanol–water partition coefficient (Wildman–Crippen LogP) is 2.23. The van der Waals surface area contributed by atoms with E-state index in [0.29, 0.717) is 16.9 Å². The Morgan fingerprint density at radius 3 is 2.76 bits per heavy atom. The average molecular weight is 535 g/mol. The molecular formula is C23H31N6O7P. The molecule has 0 saturated carbocycles. The minimum absolute atomic E-state index is 0.0198. The molecule has 1 aliphatic heterocycles. The number of imidazole rings is 1. The van der Waals surface area contributed by atoms with Gasteiger partial charge in [-0.05, 0) is 32.9 Å². The van der Waals surface area contributed by atoms with Crippen molar-refractivity contribution in [2.24, 2.45) is 0 Å². The van der Waals surface area contributed by atoms with Gasteiger partial charge in [-0.3, -0.25) is 13.9 Å². The number of carbonyl (C=O) groups excluding carboxylic acids is 1. The quantitative estimate of drug-likeness (QED) is 0.242. The number of nitrogens with two attached hydrogens (primary N) is 1. The fourth-order valence-corrected chi connectivity index (χ4v) is 5.56. The molecule has 1 aliphatic rings. The number of aromatic nitrogens is 4. The summed E-state index contributed by atoms with van der Waals surface area (Å²) in [5.74, 6) is 0.0190. The molecule has 0 radical (unpaired) electrons. The molecule has 1 saturated heterocycles. The largest absolute Gasteiger partial charge is 0.462 e. The van der Waals surface area contributed by atoms with Crippen molar-refractivity contribution in [2.45, 2.75) is 57.8 Å². The summed E-state index contributed by atoms with van der Waals surface area (Å²) in [6, 6.07) is 7.68. The Labute approximate surface area is 213 Å². The number of benzene rings is 1. The zero-order chi connectivity index (χ0) is 26.6. The van der Waals surface area contributed by atoms with Gasteiger partial charge in [-0.15, -0.1) is 0 Å². The van der Waals surface area contributed by atoms with Crippen LogP contribution in [0.25, 0.3) is 11.2 Å². The van der Waals surface area contributed by atoms with Crippen molar-refractivity contribution in [3.8, 4) is 5.75 Å². The van der Waals surface area contributed by atoms with Gasteiger partial charge >= 0.3 is 13.5 Å². The second kappa shape index (κ2) is 11.5. The maximum Gasteiger partial charge on any atom is 0.342 e. The van der Waals surface area contributed by atoms with Crippen LogP contribution in [0, 0.1) is 0 Å². The first-order valence-corrected chi connectivity index (χ1v) is 13.6. The molecular weight excluding hydrogens is 503 g/mol. The van der Waals surface area contributed by atoms with Gasteiger partial charge in [0.1, 0.15) is 36.1 Å². The lowest BCUT2D eigenvalue weighted by Crippen LogP contribution is -2.36. The van der Waals surface area contributed by atoms with Crippen molar-refractivity contribution in [1.29, 1.82) is 0 Å². The average Bonchev–Trinajstić information content (AvgIpc) is 3.43. The number of nitrogen functional groups attached to an aromatic ring is 1. The summed E-state index contributed by atoms with van der Waals surface area (Å²) in [4.78, 5) is 24.6. The molecule has 2 aromatic heterocycles. The van der Waals surface area contributed by atoms with Crippen LogP contribution in [0.15, 0.2) is 43.0 Å². The van der Waals surface area contributed by atoms with Crippen LogP contribution < -0.4 is 15.3 Å². The molecule has 200 valence electrons. The summed E-state index contributed by atoms with van der Waals surface area (Å²) in [7, 11) is -3.71. The van der Waals surface area contributed by atoms with E-state index in [2.05, 4.69) is 20.0 Å². The highest BCUT2D eigenvalue weighted by Gasteiger charge is 2.37. The second-order valence-electron chi connectivity index (χ2n) is 8.95. The number of carbonyl (C=O) groups is 1. The number of anilines is 1. The third-order valence-electron chi connectivity index (χ3n) is 5.48. The molecule has 4 rings (SSSR count). The molecule has 0 spiro atoms. The molecule has 0 bridgehead atoms. The van der Waals surface area contributed by atoms with Crippen molar-refractivity contribution < 1.29 is 33.2 Å². The molecule has 3 aromatic rings. The molecule has 5 atom stereocenters. The van der Waals surface area contributed by atoms with Crippen LogP contribution in [0.5, 0.6) is 5.75 Å². The minimum Gasteiger partial charge on any atom is -0.462 e.